The maximum Gasteiger partial charge on any atom is 0.320 e. The maximum absolute atomic E-state index is 10.9. The van der Waals surface area contributed by atoms with Crippen LogP contribution in [0.5, 0.6) is 17.2 Å². The van der Waals surface area contributed by atoms with Crippen molar-refractivity contribution >= 4 is 5.97 Å². The molecule has 1 heterocycles. The summed E-state index contributed by atoms with van der Waals surface area (Å²) in [5.41, 5.74) is 5.84. The fourth-order valence-electron chi connectivity index (χ4n) is 2.46. The van der Waals surface area contributed by atoms with Crippen molar-refractivity contribution < 1.29 is 24.5 Å². The van der Waals surface area contributed by atoms with Crippen LogP contribution in [0.4, 0.5) is 0 Å². The van der Waals surface area contributed by atoms with Crippen LogP contribution in [0.2, 0.25) is 0 Å². The molecule has 6 heteroatoms. The Morgan fingerprint density at radius 3 is 2.90 bits per heavy atom. The van der Waals surface area contributed by atoms with E-state index < -0.39 is 17.6 Å². The Hall–Kier alpha value is -1.95. The van der Waals surface area contributed by atoms with E-state index in [1.165, 1.54) is 7.11 Å². The molecule has 0 radical (unpaired) electrons. The normalized spacial score (nSPS) is 22.6. The lowest BCUT2D eigenvalue weighted by atomic mass is 9.87. The van der Waals surface area contributed by atoms with Crippen LogP contribution in [0.3, 0.4) is 0 Å². The maximum atomic E-state index is 10.9. The van der Waals surface area contributed by atoms with Gasteiger partial charge < -0.3 is 25.4 Å². The topological polar surface area (TPSA) is 102 Å². The molecule has 0 spiro atoms. The van der Waals surface area contributed by atoms with E-state index in [2.05, 4.69) is 0 Å². The number of carboxylic acid groups (broad SMARTS) is 1. The first kappa shape index (κ1) is 14.5. The van der Waals surface area contributed by atoms with Crippen LogP contribution < -0.4 is 15.2 Å². The van der Waals surface area contributed by atoms with E-state index in [-0.39, 0.29) is 12.2 Å². The van der Waals surface area contributed by atoms with Gasteiger partial charge in [-0.2, -0.15) is 0 Å². The zero-order valence-corrected chi connectivity index (χ0v) is 11.5. The van der Waals surface area contributed by atoms with Crippen molar-refractivity contribution in [2.24, 2.45) is 5.73 Å². The van der Waals surface area contributed by atoms with Gasteiger partial charge in [0.25, 0.3) is 0 Å². The number of aryl methyl sites for hydroxylation is 1. The van der Waals surface area contributed by atoms with Gasteiger partial charge in [0.2, 0.25) is 0 Å². The minimum Gasteiger partial charge on any atom is -0.504 e. The predicted molar refractivity (Wildman–Crippen MR) is 72.2 cm³/mol. The summed E-state index contributed by atoms with van der Waals surface area (Å²) in [6.07, 6.45) is 1.56. The number of hydrogen-bond acceptors (Lipinski definition) is 5. The molecule has 0 aromatic heterocycles. The summed E-state index contributed by atoms with van der Waals surface area (Å²) in [4.78, 5) is 10.9. The summed E-state index contributed by atoms with van der Waals surface area (Å²) in [6, 6.07) is 2.28. The summed E-state index contributed by atoms with van der Waals surface area (Å²) in [6.45, 7) is 1.85. The predicted octanol–water partition coefficient (Wildman–Crippen LogP) is 1.29. The number of carbonyl (C=O) groups is 1. The molecule has 1 aliphatic rings. The third kappa shape index (κ3) is 2.80. The van der Waals surface area contributed by atoms with E-state index in [9.17, 15) is 9.90 Å². The highest BCUT2D eigenvalue weighted by Crippen LogP contribution is 2.41. The number of rotatable bonds is 4. The minimum atomic E-state index is -1.04. The van der Waals surface area contributed by atoms with Gasteiger partial charge in [-0.05, 0) is 31.4 Å². The Morgan fingerprint density at radius 1 is 1.60 bits per heavy atom. The van der Waals surface area contributed by atoms with Crippen LogP contribution in [0.25, 0.3) is 0 Å². The Kier molecular flexibility index (Phi) is 3.76. The number of methoxy groups -OCH3 is 1. The average molecular weight is 281 g/mol. The number of carboxylic acids is 1. The van der Waals surface area contributed by atoms with E-state index in [1.807, 2.05) is 6.92 Å². The van der Waals surface area contributed by atoms with E-state index in [1.54, 1.807) is 12.1 Å². The monoisotopic (exact) mass is 281 g/mol. The van der Waals surface area contributed by atoms with Gasteiger partial charge in [-0.25, -0.2) is 0 Å². The van der Waals surface area contributed by atoms with Crippen molar-refractivity contribution in [3.8, 4) is 17.2 Å². The highest BCUT2D eigenvalue weighted by atomic mass is 16.5. The second-order valence-electron chi connectivity index (χ2n) is 5.33. The van der Waals surface area contributed by atoms with Gasteiger partial charge in [-0.3, -0.25) is 4.79 Å². The molecule has 1 aromatic carbocycles. The van der Waals surface area contributed by atoms with Crippen molar-refractivity contribution in [2.45, 2.75) is 37.8 Å². The molecule has 0 aliphatic carbocycles. The first-order valence-corrected chi connectivity index (χ1v) is 6.42. The molecule has 0 fully saturated rings. The highest BCUT2D eigenvalue weighted by molar-refractivity contribution is 5.73. The third-order valence-corrected chi connectivity index (χ3v) is 3.61. The van der Waals surface area contributed by atoms with Crippen LogP contribution in [0.1, 0.15) is 25.3 Å². The largest absolute Gasteiger partial charge is 0.504 e. The lowest BCUT2D eigenvalue weighted by molar-refractivity contribution is -0.140. The van der Waals surface area contributed by atoms with E-state index in [4.69, 9.17) is 20.3 Å². The molecule has 20 heavy (non-hydrogen) atoms. The number of ether oxygens (including phenoxy) is 2. The first-order valence-electron chi connectivity index (χ1n) is 6.42. The summed E-state index contributed by atoms with van der Waals surface area (Å²) in [7, 11) is 1.46. The number of nitrogens with two attached hydrogens (primary N) is 1. The van der Waals surface area contributed by atoms with Crippen LogP contribution >= 0.6 is 0 Å². The number of aliphatic carboxylic acids is 1. The highest BCUT2D eigenvalue weighted by Gasteiger charge is 2.35. The Morgan fingerprint density at radius 2 is 2.30 bits per heavy atom. The van der Waals surface area contributed by atoms with Gasteiger partial charge in [-0.1, -0.05) is 0 Å². The van der Waals surface area contributed by atoms with Crippen molar-refractivity contribution in [3.63, 3.8) is 0 Å². The van der Waals surface area contributed by atoms with Crippen LogP contribution in [0.15, 0.2) is 12.1 Å². The molecular weight excluding hydrogens is 262 g/mol. The lowest BCUT2D eigenvalue weighted by Crippen LogP contribution is -2.45. The molecule has 0 saturated carbocycles. The molecule has 2 atom stereocenters. The molecule has 0 saturated heterocycles. The lowest BCUT2D eigenvalue weighted by Gasteiger charge is -2.37. The molecule has 2 rings (SSSR count). The van der Waals surface area contributed by atoms with Crippen LogP contribution in [-0.2, 0) is 11.2 Å². The standard InChI is InChI=1S/C14H19NO5/c1-14(7-9(15)13(17)18)4-3-8-5-10(16)12(19-2)6-11(8)20-14/h5-6,9,16H,3-4,7,15H2,1-2H3,(H,17,18). The molecule has 1 aromatic rings. The Labute approximate surface area is 117 Å². The third-order valence-electron chi connectivity index (χ3n) is 3.61. The van der Waals surface area contributed by atoms with E-state index in [0.717, 1.165) is 5.56 Å². The van der Waals surface area contributed by atoms with Crippen LogP contribution in [-0.4, -0.2) is 34.9 Å². The molecular formula is C14H19NO5. The second-order valence-corrected chi connectivity index (χ2v) is 5.33. The number of phenols is 1. The summed E-state index contributed by atoms with van der Waals surface area (Å²) >= 11 is 0. The Bertz CT molecular complexity index is 531. The van der Waals surface area contributed by atoms with E-state index >= 15 is 0 Å². The number of phenolic OH excluding ortho intramolecular Hbond substituents is 1. The fourth-order valence-corrected chi connectivity index (χ4v) is 2.46. The molecule has 2 unspecified atom stereocenters. The summed E-state index contributed by atoms with van der Waals surface area (Å²) in [5.74, 6) is -0.0360. The second kappa shape index (κ2) is 5.20. The summed E-state index contributed by atoms with van der Waals surface area (Å²) in [5, 5.41) is 18.6. The Balaban J connectivity index is 2.23. The molecule has 6 nitrogen and oxygen atoms in total. The number of benzene rings is 1. The molecule has 1 aliphatic heterocycles. The quantitative estimate of drug-likeness (QED) is 0.768. The van der Waals surface area contributed by atoms with Gasteiger partial charge in [0.15, 0.2) is 11.5 Å². The first-order chi connectivity index (χ1) is 9.34. The zero-order chi connectivity index (χ0) is 14.9. The number of hydrogen-bond donors (Lipinski definition) is 3. The SMILES string of the molecule is COc1cc2c(cc1O)CCC(C)(CC(N)C(=O)O)O2. The van der Waals surface area contributed by atoms with Crippen LogP contribution in [0, 0.1) is 0 Å². The molecule has 110 valence electrons. The van der Waals surface area contributed by atoms with Crippen molar-refractivity contribution in [1.82, 2.24) is 0 Å². The van der Waals surface area contributed by atoms with Gasteiger partial charge in [0.1, 0.15) is 17.4 Å². The zero-order valence-electron chi connectivity index (χ0n) is 11.5. The molecule has 4 N–H and O–H groups in total. The number of fused-ring (bicyclic) bond motifs is 1. The minimum absolute atomic E-state index is 0.0701. The van der Waals surface area contributed by atoms with Gasteiger partial charge in [-0.15, -0.1) is 0 Å². The molecule has 0 bridgehead atoms. The fraction of sp³-hybridized carbons (Fsp3) is 0.500. The summed E-state index contributed by atoms with van der Waals surface area (Å²) < 4.78 is 11.0. The smallest absolute Gasteiger partial charge is 0.320 e. The average Bonchev–Trinajstić information content (AvgIpc) is 2.38. The van der Waals surface area contributed by atoms with E-state index in [0.29, 0.717) is 24.3 Å². The van der Waals surface area contributed by atoms with Crippen molar-refractivity contribution in [3.05, 3.63) is 17.7 Å². The number of aromatic hydroxyl groups is 1. The van der Waals surface area contributed by atoms with Crippen molar-refractivity contribution in [1.29, 1.82) is 0 Å². The van der Waals surface area contributed by atoms with Crippen molar-refractivity contribution in [2.75, 3.05) is 7.11 Å². The molecule has 0 amide bonds. The van der Waals surface area contributed by atoms with Gasteiger partial charge in [0, 0.05) is 12.5 Å². The van der Waals surface area contributed by atoms with Gasteiger partial charge >= 0.3 is 5.97 Å². The van der Waals surface area contributed by atoms with Gasteiger partial charge in [0.05, 0.1) is 7.11 Å².